The predicted octanol–water partition coefficient (Wildman–Crippen LogP) is 2.55. The van der Waals surface area contributed by atoms with Crippen molar-refractivity contribution in [2.45, 2.75) is 23.8 Å². The molecule has 2 rings (SSSR count). The molecule has 1 saturated heterocycles. The monoisotopic (exact) mass is 388 g/mol. The molecule has 1 heterocycles. The molecule has 1 aromatic rings. The lowest BCUT2D eigenvalue weighted by molar-refractivity contribution is 0.428. The zero-order chi connectivity index (χ0) is 13.2. The highest BCUT2D eigenvalue weighted by molar-refractivity contribution is 9.10. The number of rotatable bonds is 3. The van der Waals surface area contributed by atoms with Crippen molar-refractivity contribution in [3.05, 3.63) is 27.7 Å². The molecule has 0 amide bonds. The van der Waals surface area contributed by atoms with Gasteiger partial charge in [-0.3, -0.25) is 0 Å². The molecule has 1 aliphatic rings. The van der Waals surface area contributed by atoms with E-state index in [1.165, 1.54) is 6.07 Å². The first-order chi connectivity index (χ1) is 8.49. The highest BCUT2D eigenvalue weighted by atomic mass is 79.9. The van der Waals surface area contributed by atoms with E-state index in [1.807, 2.05) is 0 Å². The molecule has 4 nitrogen and oxygen atoms in total. The van der Waals surface area contributed by atoms with E-state index >= 15 is 0 Å². The first kappa shape index (κ1) is 17.2. The second-order valence-electron chi connectivity index (χ2n) is 4.24. The molecule has 0 aromatic heterocycles. The lowest BCUT2D eigenvalue weighted by Crippen LogP contribution is -2.45. The largest absolute Gasteiger partial charge is 0.315 e. The Morgan fingerprint density at radius 2 is 2.16 bits per heavy atom. The zero-order valence-electron chi connectivity index (χ0n) is 10.0. The van der Waals surface area contributed by atoms with Gasteiger partial charge >= 0.3 is 0 Å². The SMILES string of the molecule is Cl.O=S(=O)(N[C@H]1CCCNC1)c1ccc(Br)cc1Cl. The summed E-state index contributed by atoms with van der Waals surface area (Å²) in [5, 5.41) is 3.39. The Balaban J connectivity index is 0.00000180. The first-order valence-corrected chi connectivity index (χ1v) is 8.32. The minimum Gasteiger partial charge on any atom is -0.315 e. The van der Waals surface area contributed by atoms with Crippen LogP contribution in [0.4, 0.5) is 0 Å². The number of hydrogen-bond acceptors (Lipinski definition) is 3. The first-order valence-electron chi connectivity index (χ1n) is 5.67. The van der Waals surface area contributed by atoms with Crippen LogP contribution in [0.1, 0.15) is 12.8 Å². The second kappa shape index (κ2) is 7.24. The Kier molecular flexibility index (Phi) is 6.56. The number of hydrogen-bond donors (Lipinski definition) is 2. The van der Waals surface area contributed by atoms with Gasteiger partial charge in [-0.1, -0.05) is 27.5 Å². The van der Waals surface area contributed by atoms with Crippen molar-refractivity contribution < 1.29 is 8.42 Å². The van der Waals surface area contributed by atoms with Crippen molar-refractivity contribution in [3.8, 4) is 0 Å². The quantitative estimate of drug-likeness (QED) is 0.835. The predicted molar refractivity (Wildman–Crippen MR) is 82.6 cm³/mol. The van der Waals surface area contributed by atoms with E-state index in [9.17, 15) is 8.42 Å². The fraction of sp³-hybridized carbons (Fsp3) is 0.455. The van der Waals surface area contributed by atoms with Crippen LogP contribution in [0, 0.1) is 0 Å². The van der Waals surface area contributed by atoms with Crippen molar-refractivity contribution >= 4 is 50.0 Å². The van der Waals surface area contributed by atoms with Gasteiger partial charge in [0.1, 0.15) is 4.90 Å². The Hall–Kier alpha value is 0.150. The van der Waals surface area contributed by atoms with E-state index in [-0.39, 0.29) is 28.4 Å². The van der Waals surface area contributed by atoms with Crippen molar-refractivity contribution in [1.82, 2.24) is 10.0 Å². The zero-order valence-corrected chi connectivity index (χ0v) is 14.0. The summed E-state index contributed by atoms with van der Waals surface area (Å²) in [5.74, 6) is 0. The standard InChI is InChI=1S/C11H14BrClN2O2S.ClH/c12-8-3-4-11(10(13)6-8)18(16,17)15-9-2-1-5-14-7-9;/h3-4,6,9,14-15H,1-2,5,7H2;1H/t9-;/m0./s1. The third-order valence-corrected chi connectivity index (χ3v) is 5.30. The van der Waals surface area contributed by atoms with E-state index in [0.717, 1.165) is 23.9 Å². The maximum absolute atomic E-state index is 12.2. The molecule has 1 atom stereocenters. The lowest BCUT2D eigenvalue weighted by Gasteiger charge is -2.23. The summed E-state index contributed by atoms with van der Waals surface area (Å²) < 4.78 is 27.8. The molecule has 0 spiro atoms. The normalized spacial score (nSPS) is 19.8. The Morgan fingerprint density at radius 3 is 2.74 bits per heavy atom. The van der Waals surface area contributed by atoms with Crippen LogP contribution >= 0.6 is 39.9 Å². The van der Waals surface area contributed by atoms with Crippen LogP contribution in [0.5, 0.6) is 0 Å². The van der Waals surface area contributed by atoms with Crippen LogP contribution in [0.25, 0.3) is 0 Å². The fourth-order valence-corrected chi connectivity index (χ4v) is 4.24. The van der Waals surface area contributed by atoms with Crippen LogP contribution in [0.2, 0.25) is 5.02 Å². The van der Waals surface area contributed by atoms with Gasteiger partial charge < -0.3 is 5.32 Å². The van der Waals surface area contributed by atoms with E-state index in [2.05, 4.69) is 26.0 Å². The smallest absolute Gasteiger partial charge is 0.242 e. The van der Waals surface area contributed by atoms with Gasteiger partial charge in [0.2, 0.25) is 10.0 Å². The van der Waals surface area contributed by atoms with Crippen molar-refractivity contribution in [1.29, 1.82) is 0 Å². The topological polar surface area (TPSA) is 58.2 Å². The molecule has 0 radical (unpaired) electrons. The summed E-state index contributed by atoms with van der Waals surface area (Å²) in [4.78, 5) is 0.123. The van der Waals surface area contributed by atoms with Gasteiger partial charge in [0.15, 0.2) is 0 Å². The van der Waals surface area contributed by atoms with Crippen molar-refractivity contribution in [2.24, 2.45) is 0 Å². The number of sulfonamides is 1. The number of nitrogens with one attached hydrogen (secondary N) is 2. The molecular weight excluding hydrogens is 375 g/mol. The van der Waals surface area contributed by atoms with Gasteiger partial charge in [-0.2, -0.15) is 0 Å². The van der Waals surface area contributed by atoms with Gasteiger partial charge in [-0.05, 0) is 37.6 Å². The summed E-state index contributed by atoms with van der Waals surface area (Å²) in [7, 11) is -3.55. The maximum Gasteiger partial charge on any atom is 0.242 e. The third-order valence-electron chi connectivity index (χ3n) is 2.80. The second-order valence-corrected chi connectivity index (χ2v) is 7.24. The summed E-state index contributed by atoms with van der Waals surface area (Å²) in [6, 6.07) is 4.68. The van der Waals surface area contributed by atoms with Crippen molar-refractivity contribution in [3.63, 3.8) is 0 Å². The molecule has 1 aromatic carbocycles. The highest BCUT2D eigenvalue weighted by Gasteiger charge is 2.23. The number of piperidine rings is 1. The van der Waals surface area contributed by atoms with Gasteiger partial charge in [0.25, 0.3) is 0 Å². The van der Waals surface area contributed by atoms with Crippen LogP contribution in [0.3, 0.4) is 0 Å². The van der Waals surface area contributed by atoms with Crippen molar-refractivity contribution in [2.75, 3.05) is 13.1 Å². The fourth-order valence-electron chi connectivity index (χ4n) is 1.93. The Morgan fingerprint density at radius 1 is 1.42 bits per heavy atom. The maximum atomic E-state index is 12.2. The van der Waals surface area contributed by atoms with E-state index in [4.69, 9.17) is 11.6 Å². The van der Waals surface area contributed by atoms with Gasteiger partial charge in [-0.15, -0.1) is 12.4 Å². The van der Waals surface area contributed by atoms with Crippen LogP contribution in [-0.2, 0) is 10.0 Å². The summed E-state index contributed by atoms with van der Waals surface area (Å²) in [6.45, 7) is 1.60. The average molecular weight is 390 g/mol. The average Bonchev–Trinajstić information content (AvgIpc) is 2.29. The van der Waals surface area contributed by atoms with Crippen LogP contribution in [0.15, 0.2) is 27.6 Å². The molecule has 108 valence electrons. The number of benzene rings is 1. The molecule has 19 heavy (non-hydrogen) atoms. The summed E-state index contributed by atoms with van der Waals surface area (Å²) in [6.07, 6.45) is 1.82. The van der Waals surface area contributed by atoms with E-state index < -0.39 is 10.0 Å². The van der Waals surface area contributed by atoms with Gasteiger partial charge in [0.05, 0.1) is 5.02 Å². The minimum absolute atomic E-state index is 0. The Bertz CT molecular complexity index is 533. The lowest BCUT2D eigenvalue weighted by atomic mass is 10.1. The highest BCUT2D eigenvalue weighted by Crippen LogP contribution is 2.25. The molecular formula is C11H15BrCl2N2O2S. The molecule has 0 unspecified atom stereocenters. The molecule has 8 heteroatoms. The van der Waals surface area contributed by atoms with Crippen LogP contribution in [-0.4, -0.2) is 27.5 Å². The van der Waals surface area contributed by atoms with E-state index in [0.29, 0.717) is 6.54 Å². The number of halogens is 3. The Labute approximate surface area is 132 Å². The third kappa shape index (κ3) is 4.58. The molecule has 0 saturated carbocycles. The van der Waals surface area contributed by atoms with Gasteiger partial charge in [-0.25, -0.2) is 13.1 Å². The molecule has 1 aliphatic heterocycles. The summed E-state index contributed by atoms with van der Waals surface area (Å²) in [5.41, 5.74) is 0. The molecule has 0 aliphatic carbocycles. The van der Waals surface area contributed by atoms with E-state index in [1.54, 1.807) is 12.1 Å². The molecule has 2 N–H and O–H groups in total. The minimum atomic E-state index is -3.55. The van der Waals surface area contributed by atoms with Crippen LogP contribution < -0.4 is 10.0 Å². The van der Waals surface area contributed by atoms with Gasteiger partial charge in [0, 0.05) is 17.1 Å². The molecule has 0 bridgehead atoms. The summed E-state index contributed by atoms with van der Waals surface area (Å²) >= 11 is 9.22. The molecule has 1 fully saturated rings.